The van der Waals surface area contributed by atoms with Crippen LogP contribution in [0.4, 0.5) is 10.1 Å². The summed E-state index contributed by atoms with van der Waals surface area (Å²) in [5.41, 5.74) is 0.192. The predicted molar refractivity (Wildman–Crippen MR) is 99.8 cm³/mol. The highest BCUT2D eigenvalue weighted by Crippen LogP contribution is 2.24. The molecule has 0 saturated carbocycles. The van der Waals surface area contributed by atoms with Crippen molar-refractivity contribution in [3.63, 3.8) is 0 Å². The average molecular weight is 415 g/mol. The van der Waals surface area contributed by atoms with Gasteiger partial charge < -0.3 is 5.32 Å². The van der Waals surface area contributed by atoms with Crippen molar-refractivity contribution in [2.24, 2.45) is 0 Å². The van der Waals surface area contributed by atoms with Crippen LogP contribution in [-0.2, 0) is 10.0 Å². The molecule has 10 nitrogen and oxygen atoms in total. The molecule has 2 rings (SSSR count). The summed E-state index contributed by atoms with van der Waals surface area (Å²) < 4.78 is 25.0. The molecular formula is C13H13N5O5S3. The molecule has 1 aromatic heterocycles. The number of benzene rings is 1. The average Bonchev–Trinajstić information content (AvgIpc) is 3.03. The van der Waals surface area contributed by atoms with Gasteiger partial charge in [0.2, 0.25) is 10.0 Å². The van der Waals surface area contributed by atoms with Gasteiger partial charge in [-0.05, 0) is 47.8 Å². The zero-order valence-electron chi connectivity index (χ0n) is 13.5. The van der Waals surface area contributed by atoms with Gasteiger partial charge in [-0.15, -0.1) is 0 Å². The maximum atomic E-state index is 12.1. The summed E-state index contributed by atoms with van der Waals surface area (Å²) in [7, 11) is -0.775. The van der Waals surface area contributed by atoms with E-state index in [1.54, 1.807) is 0 Å². The van der Waals surface area contributed by atoms with E-state index in [1.807, 2.05) is 0 Å². The van der Waals surface area contributed by atoms with Crippen LogP contribution < -0.4 is 10.6 Å². The first-order valence-corrected chi connectivity index (χ1v) is 9.53. The normalized spacial score (nSPS) is 11.2. The molecule has 0 aliphatic carbocycles. The van der Waals surface area contributed by atoms with Crippen LogP contribution in [0.1, 0.15) is 10.4 Å². The Kier molecular flexibility index (Phi) is 5.97. The fraction of sp³-hybridized carbons (Fsp3) is 0.154. The second-order valence-corrected chi connectivity index (χ2v) is 8.55. The molecule has 0 aliphatic rings. The lowest BCUT2D eigenvalue weighted by Crippen LogP contribution is -2.34. The Hall–Kier alpha value is -2.48. The smallest absolute Gasteiger partial charge is 0.308 e. The second kappa shape index (κ2) is 7.82. The van der Waals surface area contributed by atoms with Gasteiger partial charge in [0.05, 0.1) is 9.82 Å². The summed E-state index contributed by atoms with van der Waals surface area (Å²) in [6.07, 6.45) is 1.07. The minimum atomic E-state index is -3.59. The first kappa shape index (κ1) is 19.8. The number of nitrogens with one attached hydrogen (secondary N) is 2. The van der Waals surface area contributed by atoms with Crippen molar-refractivity contribution < 1.29 is 18.1 Å². The van der Waals surface area contributed by atoms with Gasteiger partial charge in [-0.1, -0.05) is 0 Å². The molecule has 0 radical (unpaired) electrons. The van der Waals surface area contributed by atoms with Gasteiger partial charge >= 0.3 is 5.00 Å². The van der Waals surface area contributed by atoms with E-state index in [2.05, 4.69) is 15.6 Å². The number of anilines is 1. The lowest BCUT2D eigenvalue weighted by molar-refractivity contribution is -0.380. The third-order valence-electron chi connectivity index (χ3n) is 3.02. The number of thiocarbonyl (C=S) groups is 1. The fourth-order valence-corrected chi connectivity index (χ4v) is 3.49. The van der Waals surface area contributed by atoms with Crippen molar-refractivity contribution in [3.8, 4) is 0 Å². The van der Waals surface area contributed by atoms with Crippen molar-refractivity contribution in [1.29, 1.82) is 0 Å². The summed E-state index contributed by atoms with van der Waals surface area (Å²) in [4.78, 5) is 26.0. The molecule has 138 valence electrons. The molecule has 0 bridgehead atoms. The number of hydrogen-bond donors (Lipinski definition) is 2. The Morgan fingerprint density at radius 3 is 2.42 bits per heavy atom. The summed E-state index contributed by atoms with van der Waals surface area (Å²) in [5, 5.41) is 15.5. The Morgan fingerprint density at radius 2 is 1.92 bits per heavy atom. The van der Waals surface area contributed by atoms with E-state index in [4.69, 9.17) is 12.2 Å². The third-order valence-corrected chi connectivity index (χ3v) is 5.91. The number of amides is 1. The minimum absolute atomic E-state index is 0.0508. The number of rotatable bonds is 5. The maximum absolute atomic E-state index is 12.1. The Morgan fingerprint density at radius 1 is 1.31 bits per heavy atom. The first-order valence-electron chi connectivity index (χ1n) is 6.86. The highest BCUT2D eigenvalue weighted by molar-refractivity contribution is 7.89. The van der Waals surface area contributed by atoms with Crippen LogP contribution in [0.2, 0.25) is 0 Å². The summed E-state index contributed by atoms with van der Waals surface area (Å²) in [6.45, 7) is 0. The van der Waals surface area contributed by atoms with Crippen LogP contribution in [0, 0.1) is 10.1 Å². The number of carbonyl (C=O) groups excluding carboxylic acids is 1. The van der Waals surface area contributed by atoms with Gasteiger partial charge in [-0.25, -0.2) is 17.7 Å². The van der Waals surface area contributed by atoms with Crippen molar-refractivity contribution in [2.75, 3.05) is 19.4 Å². The van der Waals surface area contributed by atoms with Crippen LogP contribution in [0.3, 0.4) is 0 Å². The maximum Gasteiger partial charge on any atom is 0.345 e. The quantitative estimate of drug-likeness (QED) is 0.425. The highest BCUT2D eigenvalue weighted by atomic mass is 32.2. The molecule has 13 heteroatoms. The van der Waals surface area contributed by atoms with Crippen LogP contribution in [0.25, 0.3) is 0 Å². The largest absolute Gasteiger partial charge is 0.345 e. The van der Waals surface area contributed by atoms with Crippen LogP contribution in [-0.4, -0.2) is 47.7 Å². The number of aromatic nitrogens is 1. The molecule has 0 fully saturated rings. The standard InChI is InChI=1S/C13H13N5O5S3/c1-17(2)26(22,23)9-5-3-8(4-6-9)11(19)15-12(24)16-13-14-7-10(25-13)18(20)21/h3-7H,1-2H3,(H2,14,15,16,19,24). The second-order valence-electron chi connectivity index (χ2n) is 4.98. The number of thiazole rings is 1. The zero-order valence-corrected chi connectivity index (χ0v) is 15.9. The Labute approximate surface area is 158 Å². The minimum Gasteiger partial charge on any atom is -0.308 e. The highest BCUT2D eigenvalue weighted by Gasteiger charge is 2.18. The van der Waals surface area contributed by atoms with Gasteiger partial charge in [-0.3, -0.25) is 20.2 Å². The number of nitro groups is 1. The molecule has 0 atom stereocenters. The molecule has 1 aromatic carbocycles. The molecule has 1 amide bonds. The molecule has 1 heterocycles. The van der Waals surface area contributed by atoms with Crippen molar-refractivity contribution in [1.82, 2.24) is 14.6 Å². The predicted octanol–water partition coefficient (Wildman–Crippen LogP) is 1.43. The topological polar surface area (TPSA) is 135 Å². The van der Waals surface area contributed by atoms with E-state index in [9.17, 15) is 23.3 Å². The van der Waals surface area contributed by atoms with Gasteiger partial charge in [0.1, 0.15) is 6.20 Å². The first-order chi connectivity index (χ1) is 12.1. The van der Waals surface area contributed by atoms with E-state index in [0.29, 0.717) is 0 Å². The Bertz CT molecular complexity index is 953. The SMILES string of the molecule is CN(C)S(=O)(=O)c1ccc(C(=O)NC(=S)Nc2ncc([N+](=O)[O-])s2)cc1. The van der Waals surface area contributed by atoms with E-state index < -0.39 is 20.9 Å². The Balaban J connectivity index is 2.02. The lowest BCUT2D eigenvalue weighted by atomic mass is 10.2. The van der Waals surface area contributed by atoms with Crippen LogP contribution >= 0.6 is 23.6 Å². The van der Waals surface area contributed by atoms with Gasteiger partial charge in [-0.2, -0.15) is 0 Å². The number of carbonyl (C=O) groups is 1. The summed E-state index contributed by atoms with van der Waals surface area (Å²) in [6, 6.07) is 5.32. The lowest BCUT2D eigenvalue weighted by Gasteiger charge is -2.12. The molecule has 0 spiro atoms. The zero-order chi connectivity index (χ0) is 19.5. The number of hydrogen-bond acceptors (Lipinski definition) is 8. The molecular weight excluding hydrogens is 402 g/mol. The monoisotopic (exact) mass is 415 g/mol. The van der Waals surface area contributed by atoms with Crippen molar-refractivity contribution >= 4 is 54.7 Å². The number of sulfonamides is 1. The molecule has 0 saturated heterocycles. The van der Waals surface area contributed by atoms with Crippen LogP contribution in [0.15, 0.2) is 35.4 Å². The van der Waals surface area contributed by atoms with E-state index >= 15 is 0 Å². The van der Waals surface area contributed by atoms with Gasteiger partial charge in [0.15, 0.2) is 10.2 Å². The van der Waals surface area contributed by atoms with E-state index in [1.165, 1.54) is 38.4 Å². The van der Waals surface area contributed by atoms with Gasteiger partial charge in [0, 0.05) is 19.7 Å². The van der Waals surface area contributed by atoms with E-state index in [-0.39, 0.29) is 25.7 Å². The van der Waals surface area contributed by atoms with Gasteiger partial charge in [0.25, 0.3) is 5.91 Å². The third kappa shape index (κ3) is 4.57. The van der Waals surface area contributed by atoms with Crippen molar-refractivity contribution in [2.45, 2.75) is 4.90 Å². The fourth-order valence-electron chi connectivity index (χ4n) is 1.70. The van der Waals surface area contributed by atoms with E-state index in [0.717, 1.165) is 21.8 Å². The molecule has 0 aliphatic heterocycles. The molecule has 2 aromatic rings. The van der Waals surface area contributed by atoms with Crippen molar-refractivity contribution in [3.05, 3.63) is 46.1 Å². The molecule has 2 N–H and O–H groups in total. The molecule has 26 heavy (non-hydrogen) atoms. The molecule has 0 unspecified atom stereocenters. The van der Waals surface area contributed by atoms with Crippen LogP contribution in [0.5, 0.6) is 0 Å². The summed E-state index contributed by atoms with van der Waals surface area (Å²) in [5.74, 6) is -0.567. The summed E-state index contributed by atoms with van der Waals surface area (Å²) >= 11 is 5.73. The number of nitrogens with zero attached hydrogens (tertiary/aromatic N) is 3.